The van der Waals surface area contributed by atoms with Gasteiger partial charge in [-0.1, -0.05) is 76.5 Å². The Morgan fingerprint density at radius 2 is 1.57 bits per heavy atom. The Morgan fingerprint density at radius 1 is 1.07 bits per heavy atom. The summed E-state index contributed by atoms with van der Waals surface area (Å²) in [6.07, 6.45) is 3.59. The van der Waals surface area contributed by atoms with Gasteiger partial charge in [-0.2, -0.15) is 0 Å². The number of alkyl halides is 6. The van der Waals surface area contributed by atoms with Crippen molar-refractivity contribution in [2.24, 2.45) is 5.92 Å². The lowest BCUT2D eigenvalue weighted by atomic mass is 10.0. The van der Waals surface area contributed by atoms with E-state index in [1.165, 1.54) is 0 Å². The van der Waals surface area contributed by atoms with Crippen LogP contribution in [0.2, 0.25) is 0 Å². The zero-order valence-electron chi connectivity index (χ0n) is 7.54. The second-order valence-electron chi connectivity index (χ2n) is 2.99. The van der Waals surface area contributed by atoms with E-state index >= 15 is 0 Å². The van der Waals surface area contributed by atoms with Crippen molar-refractivity contribution in [3.8, 4) is 0 Å². The molecule has 0 aromatic rings. The summed E-state index contributed by atoms with van der Waals surface area (Å²) >= 11 is 34.0. The predicted molar refractivity (Wildman–Crippen MR) is 67.9 cm³/mol. The van der Waals surface area contributed by atoms with E-state index in [9.17, 15) is 0 Å². The molecule has 6 heteroatoms. The SMILES string of the molecule is CCC(C[CH]CC(Cl)(Cl)Cl)C(Cl)(Cl)Cl. The number of hydrogen-bond acceptors (Lipinski definition) is 0. The van der Waals surface area contributed by atoms with Gasteiger partial charge in [-0.3, -0.25) is 0 Å². The smallest absolute Gasteiger partial charge is 0.0837 e. The van der Waals surface area contributed by atoms with Gasteiger partial charge in [-0.05, 0) is 25.7 Å². The summed E-state index contributed by atoms with van der Waals surface area (Å²) in [6, 6.07) is 0. The molecule has 0 nitrogen and oxygen atoms in total. The molecule has 0 rings (SSSR count). The molecule has 0 heterocycles. The minimum Gasteiger partial charge on any atom is -0.0837 e. The van der Waals surface area contributed by atoms with Crippen LogP contribution in [0.1, 0.15) is 26.2 Å². The quantitative estimate of drug-likeness (QED) is 0.580. The maximum absolute atomic E-state index is 5.76. The molecule has 85 valence electrons. The van der Waals surface area contributed by atoms with Gasteiger partial charge in [0, 0.05) is 5.92 Å². The van der Waals surface area contributed by atoms with Crippen molar-refractivity contribution in [2.75, 3.05) is 0 Å². The third-order valence-electron chi connectivity index (χ3n) is 1.78. The molecule has 14 heavy (non-hydrogen) atoms. The van der Waals surface area contributed by atoms with Crippen molar-refractivity contribution in [3.63, 3.8) is 0 Å². The van der Waals surface area contributed by atoms with E-state index < -0.39 is 7.59 Å². The molecule has 0 aromatic carbocycles. The van der Waals surface area contributed by atoms with Crippen LogP contribution in [0.5, 0.6) is 0 Å². The second kappa shape index (κ2) is 6.47. The van der Waals surface area contributed by atoms with Gasteiger partial charge in [-0.15, -0.1) is 0 Å². The highest BCUT2D eigenvalue weighted by atomic mass is 35.6. The maximum atomic E-state index is 5.76. The Kier molecular flexibility index (Phi) is 7.27. The van der Waals surface area contributed by atoms with E-state index in [1.54, 1.807) is 0 Å². The topological polar surface area (TPSA) is 0 Å². The summed E-state index contributed by atoms with van der Waals surface area (Å²) < 4.78 is -2.51. The molecular weight excluding hydrogens is 309 g/mol. The fourth-order valence-corrected chi connectivity index (χ4v) is 2.04. The molecule has 0 amide bonds. The molecule has 0 fully saturated rings. The van der Waals surface area contributed by atoms with Crippen LogP contribution in [-0.4, -0.2) is 7.59 Å². The summed E-state index contributed by atoms with van der Waals surface area (Å²) in [6.45, 7) is 1.95. The normalized spacial score (nSPS) is 15.6. The van der Waals surface area contributed by atoms with Crippen molar-refractivity contribution in [1.29, 1.82) is 0 Å². The van der Waals surface area contributed by atoms with E-state index in [0.29, 0.717) is 12.8 Å². The minimum absolute atomic E-state index is 0.0418. The number of hydrogen-bond donors (Lipinski definition) is 0. The predicted octanol–water partition coefficient (Wildman–Crippen LogP) is 5.74. The van der Waals surface area contributed by atoms with Gasteiger partial charge in [-0.25, -0.2) is 0 Å². The molecule has 0 bridgehead atoms. The third-order valence-corrected chi connectivity index (χ3v) is 3.17. The highest BCUT2D eigenvalue weighted by Gasteiger charge is 2.31. The van der Waals surface area contributed by atoms with Crippen molar-refractivity contribution in [1.82, 2.24) is 0 Å². The van der Waals surface area contributed by atoms with Crippen LogP contribution in [-0.2, 0) is 0 Å². The third kappa shape index (κ3) is 7.96. The maximum Gasteiger partial charge on any atom is 0.193 e. The van der Waals surface area contributed by atoms with E-state index in [0.717, 1.165) is 6.42 Å². The van der Waals surface area contributed by atoms with Crippen LogP contribution in [0.4, 0.5) is 0 Å². The van der Waals surface area contributed by atoms with Gasteiger partial charge in [0.15, 0.2) is 7.59 Å². The van der Waals surface area contributed by atoms with E-state index in [-0.39, 0.29) is 5.92 Å². The van der Waals surface area contributed by atoms with Crippen LogP contribution in [0.15, 0.2) is 0 Å². The molecule has 0 spiro atoms. The van der Waals surface area contributed by atoms with Crippen LogP contribution < -0.4 is 0 Å². The molecule has 0 aliphatic carbocycles. The lowest BCUT2D eigenvalue weighted by Gasteiger charge is -2.23. The van der Waals surface area contributed by atoms with E-state index in [1.807, 2.05) is 13.3 Å². The standard InChI is InChI=1S/C8H11Cl6/c1-2-6(8(12,13)14)4-3-5-7(9,10)11/h3,6H,2,4-5H2,1H3. The average molecular weight is 320 g/mol. The highest BCUT2D eigenvalue weighted by molar-refractivity contribution is 6.68. The van der Waals surface area contributed by atoms with Gasteiger partial charge >= 0.3 is 0 Å². The second-order valence-corrected chi connectivity index (χ2v) is 7.88. The lowest BCUT2D eigenvalue weighted by Crippen LogP contribution is -2.19. The fourth-order valence-electron chi connectivity index (χ4n) is 0.980. The Balaban J connectivity index is 3.87. The van der Waals surface area contributed by atoms with E-state index in [2.05, 4.69) is 0 Å². The first-order valence-corrected chi connectivity index (χ1v) is 6.38. The summed E-state index contributed by atoms with van der Waals surface area (Å²) in [5.41, 5.74) is 0. The summed E-state index contributed by atoms with van der Waals surface area (Å²) in [7, 11) is 0. The molecule has 0 N–H and O–H groups in total. The molecule has 0 aromatic heterocycles. The average Bonchev–Trinajstić information content (AvgIpc) is 1.93. The Morgan fingerprint density at radius 3 is 1.86 bits per heavy atom. The molecule has 0 saturated carbocycles. The molecule has 0 saturated heterocycles. The van der Waals surface area contributed by atoms with Crippen LogP contribution in [0.25, 0.3) is 0 Å². The summed E-state index contributed by atoms with van der Waals surface area (Å²) in [5.74, 6) is -0.0418. The first-order chi connectivity index (χ1) is 6.17. The lowest BCUT2D eigenvalue weighted by molar-refractivity contribution is 0.504. The monoisotopic (exact) mass is 317 g/mol. The molecule has 0 aliphatic rings. The summed E-state index contributed by atoms with van der Waals surface area (Å²) in [4.78, 5) is 0. The molecular formula is C8H11Cl6. The molecule has 1 atom stereocenters. The van der Waals surface area contributed by atoms with Crippen molar-refractivity contribution >= 4 is 69.6 Å². The van der Waals surface area contributed by atoms with Crippen molar-refractivity contribution < 1.29 is 0 Å². The zero-order chi connectivity index (χ0) is 11.4. The van der Waals surface area contributed by atoms with Crippen LogP contribution in [0.3, 0.4) is 0 Å². The van der Waals surface area contributed by atoms with Crippen LogP contribution in [0, 0.1) is 12.3 Å². The van der Waals surface area contributed by atoms with Crippen LogP contribution >= 0.6 is 69.6 Å². The van der Waals surface area contributed by atoms with Gasteiger partial charge in [0.05, 0.1) is 0 Å². The largest absolute Gasteiger partial charge is 0.193 e. The molecule has 0 aliphatic heterocycles. The highest BCUT2D eigenvalue weighted by Crippen LogP contribution is 2.40. The van der Waals surface area contributed by atoms with E-state index in [4.69, 9.17) is 69.6 Å². The minimum atomic E-state index is -1.26. The first kappa shape index (κ1) is 15.7. The van der Waals surface area contributed by atoms with Gasteiger partial charge in [0.1, 0.15) is 0 Å². The Hall–Kier alpha value is 1.74. The fraction of sp³-hybridized carbons (Fsp3) is 0.875. The number of halogens is 6. The Labute approximate surface area is 115 Å². The van der Waals surface area contributed by atoms with Crippen molar-refractivity contribution in [2.45, 2.75) is 33.8 Å². The van der Waals surface area contributed by atoms with Gasteiger partial charge < -0.3 is 0 Å². The number of rotatable bonds is 4. The summed E-state index contributed by atoms with van der Waals surface area (Å²) in [5, 5.41) is 0. The Bertz CT molecular complexity index is 156. The van der Waals surface area contributed by atoms with Crippen molar-refractivity contribution in [3.05, 3.63) is 6.42 Å². The van der Waals surface area contributed by atoms with Gasteiger partial charge in [0.2, 0.25) is 0 Å². The molecule has 1 radical (unpaired) electrons. The zero-order valence-corrected chi connectivity index (χ0v) is 12.1. The van der Waals surface area contributed by atoms with Gasteiger partial charge in [0.25, 0.3) is 0 Å². The first-order valence-electron chi connectivity index (χ1n) is 4.12. The molecule has 1 unspecified atom stereocenters.